The second-order valence-corrected chi connectivity index (χ2v) is 5.38. The monoisotopic (exact) mass is 244 g/mol. The number of allylic oxidation sites excluding steroid dienone is 1. The summed E-state index contributed by atoms with van der Waals surface area (Å²) in [4.78, 5) is 6.58. The predicted octanol–water partition coefficient (Wildman–Crippen LogP) is 3.96. The fourth-order valence-corrected chi connectivity index (χ4v) is 2.85. The Morgan fingerprint density at radius 2 is 2.00 bits per heavy atom. The molecular formula is C16H24N2. The summed E-state index contributed by atoms with van der Waals surface area (Å²) >= 11 is 0. The van der Waals surface area contributed by atoms with Crippen molar-refractivity contribution >= 4 is 0 Å². The molecule has 0 fully saturated rings. The van der Waals surface area contributed by atoms with E-state index in [-0.39, 0.29) is 0 Å². The number of pyridine rings is 1. The van der Waals surface area contributed by atoms with E-state index in [1.54, 1.807) is 5.57 Å². The van der Waals surface area contributed by atoms with E-state index in [9.17, 15) is 0 Å². The van der Waals surface area contributed by atoms with Crippen LogP contribution in [0.5, 0.6) is 0 Å². The molecule has 1 aromatic heterocycles. The maximum Gasteiger partial charge on any atom is 0.0571 e. The highest BCUT2D eigenvalue weighted by Crippen LogP contribution is 2.31. The van der Waals surface area contributed by atoms with Crippen LogP contribution in [0, 0.1) is 0 Å². The van der Waals surface area contributed by atoms with Gasteiger partial charge in [0.15, 0.2) is 0 Å². The Morgan fingerprint density at radius 1 is 1.17 bits per heavy atom. The van der Waals surface area contributed by atoms with E-state index in [1.807, 2.05) is 18.5 Å². The van der Waals surface area contributed by atoms with Crippen molar-refractivity contribution < 1.29 is 0 Å². The fraction of sp³-hybridized carbons (Fsp3) is 0.562. The average molecular weight is 244 g/mol. The minimum Gasteiger partial charge on any atom is -0.299 e. The van der Waals surface area contributed by atoms with Crippen LogP contribution < -0.4 is 0 Å². The van der Waals surface area contributed by atoms with E-state index in [0.29, 0.717) is 6.04 Å². The molecule has 18 heavy (non-hydrogen) atoms. The van der Waals surface area contributed by atoms with Crippen LogP contribution in [-0.2, 0) is 0 Å². The van der Waals surface area contributed by atoms with Gasteiger partial charge in [0.25, 0.3) is 0 Å². The van der Waals surface area contributed by atoms with Crippen LogP contribution in [0.15, 0.2) is 36.2 Å². The molecule has 1 aliphatic rings. The minimum absolute atomic E-state index is 0.400. The standard InChI is InChI=1S/C16H24N2/c1-18(2)16(15-11-8-12-17-13-15)14-9-6-4-3-5-7-10-14/h8-9,11-13,16H,3-7,10H2,1-2H3. The molecule has 2 heteroatoms. The average Bonchev–Trinajstić information content (AvgIpc) is 2.33. The molecule has 0 spiro atoms. The van der Waals surface area contributed by atoms with Gasteiger partial charge in [-0.2, -0.15) is 0 Å². The summed E-state index contributed by atoms with van der Waals surface area (Å²) in [6.45, 7) is 0. The first kappa shape index (κ1) is 13.3. The van der Waals surface area contributed by atoms with E-state index in [0.717, 1.165) is 0 Å². The van der Waals surface area contributed by atoms with Crippen molar-refractivity contribution in [2.75, 3.05) is 14.1 Å². The molecule has 0 bridgehead atoms. The lowest BCUT2D eigenvalue weighted by atomic mass is 9.91. The highest BCUT2D eigenvalue weighted by Gasteiger charge is 2.19. The van der Waals surface area contributed by atoms with Crippen LogP contribution >= 0.6 is 0 Å². The third kappa shape index (κ3) is 3.42. The second-order valence-electron chi connectivity index (χ2n) is 5.38. The molecule has 0 saturated heterocycles. The second kappa shape index (κ2) is 6.69. The van der Waals surface area contributed by atoms with Crippen molar-refractivity contribution in [3.8, 4) is 0 Å². The Bertz CT molecular complexity index is 381. The van der Waals surface area contributed by atoms with Gasteiger partial charge >= 0.3 is 0 Å². The molecular weight excluding hydrogens is 220 g/mol. The summed E-state index contributed by atoms with van der Waals surface area (Å²) < 4.78 is 0. The van der Waals surface area contributed by atoms with Gasteiger partial charge in [-0.1, -0.05) is 30.6 Å². The summed E-state index contributed by atoms with van der Waals surface area (Å²) in [6.07, 6.45) is 14.2. The van der Waals surface area contributed by atoms with Gasteiger partial charge in [-0.25, -0.2) is 0 Å². The lowest BCUT2D eigenvalue weighted by Gasteiger charge is -2.28. The van der Waals surface area contributed by atoms with Gasteiger partial charge in [0.05, 0.1) is 6.04 Å². The number of hydrogen-bond acceptors (Lipinski definition) is 2. The molecule has 98 valence electrons. The van der Waals surface area contributed by atoms with Gasteiger partial charge in [0.2, 0.25) is 0 Å². The molecule has 1 unspecified atom stereocenters. The molecule has 2 rings (SSSR count). The molecule has 1 atom stereocenters. The summed E-state index contributed by atoms with van der Waals surface area (Å²) in [5.74, 6) is 0. The zero-order valence-electron chi connectivity index (χ0n) is 11.6. The third-order valence-electron chi connectivity index (χ3n) is 3.69. The third-order valence-corrected chi connectivity index (χ3v) is 3.69. The molecule has 0 amide bonds. The lowest BCUT2D eigenvalue weighted by Crippen LogP contribution is -2.22. The molecule has 0 radical (unpaired) electrons. The van der Waals surface area contributed by atoms with Crippen molar-refractivity contribution in [3.63, 3.8) is 0 Å². The Kier molecular flexibility index (Phi) is 4.94. The highest BCUT2D eigenvalue weighted by atomic mass is 15.1. The Balaban J connectivity index is 2.24. The van der Waals surface area contributed by atoms with Crippen molar-refractivity contribution in [2.24, 2.45) is 0 Å². The van der Waals surface area contributed by atoms with Crippen LogP contribution in [0.4, 0.5) is 0 Å². The van der Waals surface area contributed by atoms with Crippen molar-refractivity contribution in [1.29, 1.82) is 0 Å². The van der Waals surface area contributed by atoms with Gasteiger partial charge in [-0.15, -0.1) is 0 Å². The van der Waals surface area contributed by atoms with Crippen LogP contribution in [0.2, 0.25) is 0 Å². The molecule has 2 nitrogen and oxygen atoms in total. The summed E-state index contributed by atoms with van der Waals surface area (Å²) in [7, 11) is 4.33. The van der Waals surface area contributed by atoms with Crippen molar-refractivity contribution in [1.82, 2.24) is 9.88 Å². The molecule has 0 aliphatic heterocycles. The summed E-state index contributed by atoms with van der Waals surface area (Å²) in [5.41, 5.74) is 2.89. The smallest absolute Gasteiger partial charge is 0.0571 e. The van der Waals surface area contributed by atoms with E-state index >= 15 is 0 Å². The Hall–Kier alpha value is -1.15. The number of aromatic nitrogens is 1. The Morgan fingerprint density at radius 3 is 2.72 bits per heavy atom. The van der Waals surface area contributed by atoms with E-state index in [4.69, 9.17) is 0 Å². The highest BCUT2D eigenvalue weighted by molar-refractivity contribution is 5.26. The zero-order valence-corrected chi connectivity index (χ0v) is 11.6. The quantitative estimate of drug-likeness (QED) is 0.748. The molecule has 1 aliphatic carbocycles. The number of likely N-dealkylation sites (N-methyl/N-ethyl adjacent to an activating group) is 1. The van der Waals surface area contributed by atoms with Crippen LogP contribution in [-0.4, -0.2) is 24.0 Å². The van der Waals surface area contributed by atoms with E-state index in [2.05, 4.69) is 36.1 Å². The van der Waals surface area contributed by atoms with Crippen LogP contribution in [0.25, 0.3) is 0 Å². The SMILES string of the molecule is CN(C)C(C1=CCCCCCC1)c1cccnc1. The fourth-order valence-electron chi connectivity index (χ4n) is 2.85. The maximum absolute atomic E-state index is 4.27. The number of nitrogens with zero attached hydrogens (tertiary/aromatic N) is 2. The lowest BCUT2D eigenvalue weighted by molar-refractivity contribution is 0.327. The number of hydrogen-bond donors (Lipinski definition) is 0. The van der Waals surface area contributed by atoms with Gasteiger partial charge in [0, 0.05) is 12.4 Å². The maximum atomic E-state index is 4.27. The van der Waals surface area contributed by atoms with Gasteiger partial charge < -0.3 is 0 Å². The van der Waals surface area contributed by atoms with Crippen molar-refractivity contribution in [3.05, 3.63) is 41.7 Å². The Labute approximate surface area is 111 Å². The predicted molar refractivity (Wildman–Crippen MR) is 76.5 cm³/mol. The number of rotatable bonds is 3. The van der Waals surface area contributed by atoms with Crippen molar-refractivity contribution in [2.45, 2.75) is 44.6 Å². The normalized spacial score (nSPS) is 18.9. The molecule has 1 aromatic rings. The molecule has 0 saturated carbocycles. The molecule has 1 heterocycles. The summed E-state index contributed by atoms with van der Waals surface area (Å²) in [6, 6.07) is 4.63. The van der Waals surface area contributed by atoms with E-state index in [1.165, 1.54) is 44.1 Å². The first-order valence-corrected chi connectivity index (χ1v) is 7.04. The van der Waals surface area contributed by atoms with Gasteiger partial charge in [-0.05, 0) is 51.4 Å². The first-order valence-electron chi connectivity index (χ1n) is 7.04. The zero-order chi connectivity index (χ0) is 12.8. The topological polar surface area (TPSA) is 16.1 Å². The largest absolute Gasteiger partial charge is 0.299 e. The van der Waals surface area contributed by atoms with Gasteiger partial charge in [0.1, 0.15) is 0 Å². The van der Waals surface area contributed by atoms with Gasteiger partial charge in [-0.3, -0.25) is 9.88 Å². The van der Waals surface area contributed by atoms with E-state index < -0.39 is 0 Å². The van der Waals surface area contributed by atoms with Crippen LogP contribution in [0.3, 0.4) is 0 Å². The molecule has 0 aromatic carbocycles. The first-order chi connectivity index (χ1) is 8.79. The summed E-state index contributed by atoms with van der Waals surface area (Å²) in [5, 5.41) is 0. The minimum atomic E-state index is 0.400. The van der Waals surface area contributed by atoms with Crippen LogP contribution in [0.1, 0.15) is 50.1 Å². The molecule has 0 N–H and O–H groups in total.